The van der Waals surface area contributed by atoms with Crippen LogP contribution in [0.15, 0.2) is 15.8 Å². The Hall–Kier alpha value is -1.34. The van der Waals surface area contributed by atoms with Crippen molar-refractivity contribution in [2.45, 2.75) is 62.5 Å². The normalized spacial score (nSPS) is 36.3. The molecule has 2 aliphatic rings. The van der Waals surface area contributed by atoms with Crippen molar-refractivity contribution in [1.29, 1.82) is 0 Å². The van der Waals surface area contributed by atoms with Crippen molar-refractivity contribution in [1.82, 2.24) is 9.55 Å². The lowest BCUT2D eigenvalue weighted by molar-refractivity contribution is -0.280. The Morgan fingerprint density at radius 1 is 1.06 bits per heavy atom. The fraction of sp³-hybridized carbons (Fsp3) is 0.750. The maximum absolute atomic E-state index is 12.2. The standard InChI is InChI=1S/C16H26N2O16P2/c1-6-3-18(16(25)17-14(6)24)10-2-7(20)9(31-10)5-30-35(26,27)34-36(28,29)33-15-13(23)12(22)11(21)8(4-19)32-15/h3,7-13,15,19-23H,2,4-5H2,1H3,(H,26,27)(H,28,29)(H,17,24,25)/t7-,8+,9+,10+,11+,12-,13-,15+/m0/s1. The molecule has 3 rings (SSSR count). The molecule has 0 aliphatic carbocycles. The molecule has 0 radical (unpaired) electrons. The Morgan fingerprint density at radius 2 is 1.72 bits per heavy atom. The first-order chi connectivity index (χ1) is 16.6. The number of aromatic amines is 1. The van der Waals surface area contributed by atoms with E-state index in [1.807, 2.05) is 0 Å². The van der Waals surface area contributed by atoms with Gasteiger partial charge in [0.15, 0.2) is 6.29 Å². The number of hydrogen-bond donors (Lipinski definition) is 8. The topological polar surface area (TPSA) is 277 Å². The second-order valence-corrected chi connectivity index (χ2v) is 11.0. The molecule has 2 aliphatic heterocycles. The Kier molecular flexibility index (Phi) is 9.08. The van der Waals surface area contributed by atoms with Gasteiger partial charge in [0, 0.05) is 18.2 Å². The molecule has 3 heterocycles. The SMILES string of the molecule is Cc1cn([C@H]2C[C@H](O)[C@@H](COP(=O)(O)OP(=O)(O)O[C@H]3O[C@H](CO)[C@@H](O)[C@H](O)[C@@H]3O)O2)c(=O)[nH]c1=O. The highest BCUT2D eigenvalue weighted by Gasteiger charge is 2.48. The fourth-order valence-electron chi connectivity index (χ4n) is 3.46. The summed E-state index contributed by atoms with van der Waals surface area (Å²) in [5.74, 6) is 0. The molecule has 8 N–H and O–H groups in total. The fourth-order valence-corrected chi connectivity index (χ4v) is 5.62. The van der Waals surface area contributed by atoms with E-state index in [1.54, 1.807) is 0 Å². The zero-order valence-electron chi connectivity index (χ0n) is 18.5. The molecule has 20 heteroatoms. The Balaban J connectivity index is 1.59. The minimum absolute atomic E-state index is 0.172. The summed E-state index contributed by atoms with van der Waals surface area (Å²) in [7, 11) is -10.9. The molecule has 2 saturated heterocycles. The lowest BCUT2D eigenvalue weighted by Gasteiger charge is -2.39. The molecule has 206 valence electrons. The van der Waals surface area contributed by atoms with E-state index in [1.165, 1.54) is 13.1 Å². The lowest BCUT2D eigenvalue weighted by atomic mass is 10.00. The van der Waals surface area contributed by atoms with Gasteiger partial charge in [0.05, 0.1) is 19.3 Å². The molecule has 2 fully saturated rings. The average Bonchev–Trinajstić information content (AvgIpc) is 3.14. The number of nitrogens with zero attached hydrogens (tertiary/aromatic N) is 1. The van der Waals surface area contributed by atoms with Crippen molar-refractivity contribution in [3.63, 3.8) is 0 Å². The van der Waals surface area contributed by atoms with Gasteiger partial charge in [0.1, 0.15) is 36.7 Å². The number of hydrogen-bond acceptors (Lipinski definition) is 14. The third-order valence-electron chi connectivity index (χ3n) is 5.35. The van der Waals surface area contributed by atoms with E-state index >= 15 is 0 Å². The highest BCUT2D eigenvalue weighted by Crippen LogP contribution is 2.61. The minimum Gasteiger partial charge on any atom is -0.394 e. The number of nitrogens with one attached hydrogen (secondary N) is 1. The zero-order valence-corrected chi connectivity index (χ0v) is 20.3. The molecule has 0 aromatic carbocycles. The van der Waals surface area contributed by atoms with Crippen LogP contribution in [0.3, 0.4) is 0 Å². The summed E-state index contributed by atoms with van der Waals surface area (Å²) >= 11 is 0. The zero-order chi connectivity index (χ0) is 27.0. The van der Waals surface area contributed by atoms with Crippen LogP contribution in [0.4, 0.5) is 0 Å². The van der Waals surface area contributed by atoms with E-state index in [4.69, 9.17) is 14.6 Å². The van der Waals surface area contributed by atoms with Gasteiger partial charge in [-0.3, -0.25) is 23.4 Å². The van der Waals surface area contributed by atoms with Gasteiger partial charge in [-0.2, -0.15) is 4.31 Å². The molecular weight excluding hydrogens is 538 g/mol. The number of rotatable bonds is 9. The molecule has 0 amide bonds. The molecule has 1 aromatic rings. The number of phosphoric ester groups is 2. The average molecular weight is 564 g/mol. The van der Waals surface area contributed by atoms with Crippen molar-refractivity contribution < 1.29 is 67.3 Å². The third-order valence-corrected chi connectivity index (χ3v) is 7.95. The molecule has 10 atom stereocenters. The van der Waals surface area contributed by atoms with Crippen molar-refractivity contribution in [2.24, 2.45) is 0 Å². The van der Waals surface area contributed by atoms with Crippen LogP contribution >= 0.6 is 15.6 Å². The Bertz CT molecular complexity index is 1140. The first kappa shape index (κ1) is 29.2. The van der Waals surface area contributed by atoms with Gasteiger partial charge in [-0.25, -0.2) is 13.9 Å². The summed E-state index contributed by atoms with van der Waals surface area (Å²) in [4.78, 5) is 45.2. The third kappa shape index (κ3) is 6.75. The van der Waals surface area contributed by atoms with Crippen molar-refractivity contribution in [3.05, 3.63) is 32.6 Å². The van der Waals surface area contributed by atoms with Crippen LogP contribution in [0.5, 0.6) is 0 Å². The van der Waals surface area contributed by atoms with Gasteiger partial charge in [-0.05, 0) is 6.92 Å². The molecule has 36 heavy (non-hydrogen) atoms. The number of phosphoric acid groups is 2. The quantitative estimate of drug-likeness (QED) is 0.135. The second-order valence-electron chi connectivity index (χ2n) is 8.03. The molecule has 0 spiro atoms. The molecule has 1 aromatic heterocycles. The summed E-state index contributed by atoms with van der Waals surface area (Å²) in [6.07, 6.45) is -12.2. The van der Waals surface area contributed by atoms with E-state index in [-0.39, 0.29) is 12.0 Å². The Labute approximate surface area is 201 Å². The minimum atomic E-state index is -5.54. The monoisotopic (exact) mass is 564 g/mol. The summed E-state index contributed by atoms with van der Waals surface area (Å²) in [6.45, 7) is -0.305. The highest BCUT2D eigenvalue weighted by atomic mass is 31.3. The summed E-state index contributed by atoms with van der Waals surface area (Å²) in [5, 5.41) is 48.5. The second kappa shape index (κ2) is 11.2. The molecule has 0 bridgehead atoms. The van der Waals surface area contributed by atoms with Crippen molar-refractivity contribution >= 4 is 15.6 Å². The van der Waals surface area contributed by atoms with Gasteiger partial charge in [0.25, 0.3) is 5.56 Å². The maximum Gasteiger partial charge on any atom is 0.483 e. The van der Waals surface area contributed by atoms with Crippen molar-refractivity contribution in [2.75, 3.05) is 13.2 Å². The number of aromatic nitrogens is 2. The first-order valence-electron chi connectivity index (χ1n) is 10.3. The highest BCUT2D eigenvalue weighted by molar-refractivity contribution is 7.61. The van der Waals surface area contributed by atoms with E-state index in [0.29, 0.717) is 0 Å². The Morgan fingerprint density at radius 3 is 2.36 bits per heavy atom. The number of aliphatic hydroxyl groups excluding tert-OH is 5. The number of H-pyrrole nitrogens is 1. The van der Waals surface area contributed by atoms with E-state index in [9.17, 15) is 48.9 Å². The summed E-state index contributed by atoms with van der Waals surface area (Å²) in [6, 6.07) is 0. The number of aliphatic hydroxyl groups is 5. The number of aryl methyl sites for hydroxylation is 1. The van der Waals surface area contributed by atoms with Crippen LogP contribution in [0, 0.1) is 6.92 Å². The predicted octanol–water partition coefficient (Wildman–Crippen LogP) is -3.46. The maximum atomic E-state index is 12.2. The predicted molar refractivity (Wildman–Crippen MR) is 112 cm³/mol. The summed E-state index contributed by atoms with van der Waals surface area (Å²) < 4.78 is 48.8. The van der Waals surface area contributed by atoms with E-state index in [0.717, 1.165) is 4.57 Å². The van der Waals surface area contributed by atoms with Gasteiger partial charge < -0.3 is 44.8 Å². The van der Waals surface area contributed by atoms with Crippen LogP contribution in [-0.2, 0) is 32.0 Å². The van der Waals surface area contributed by atoms with Gasteiger partial charge >= 0.3 is 21.3 Å². The van der Waals surface area contributed by atoms with Crippen LogP contribution in [0.1, 0.15) is 18.2 Å². The van der Waals surface area contributed by atoms with Crippen LogP contribution in [0.2, 0.25) is 0 Å². The lowest BCUT2D eigenvalue weighted by Crippen LogP contribution is -2.58. The van der Waals surface area contributed by atoms with Crippen LogP contribution in [0.25, 0.3) is 0 Å². The molecule has 0 saturated carbocycles. The van der Waals surface area contributed by atoms with E-state index in [2.05, 4.69) is 18.3 Å². The smallest absolute Gasteiger partial charge is 0.394 e. The van der Waals surface area contributed by atoms with Gasteiger partial charge in [-0.15, -0.1) is 0 Å². The first-order valence-corrected chi connectivity index (χ1v) is 13.3. The van der Waals surface area contributed by atoms with Gasteiger partial charge in [-0.1, -0.05) is 0 Å². The summed E-state index contributed by atoms with van der Waals surface area (Å²) in [5.41, 5.74) is -1.27. The number of ether oxygens (including phenoxy) is 2. The van der Waals surface area contributed by atoms with Crippen LogP contribution in [-0.4, -0.2) is 101 Å². The largest absolute Gasteiger partial charge is 0.483 e. The van der Waals surface area contributed by atoms with E-state index < -0.39 is 89.2 Å². The molecule has 18 nitrogen and oxygen atoms in total. The van der Waals surface area contributed by atoms with Crippen molar-refractivity contribution in [3.8, 4) is 0 Å². The molecular formula is C16H26N2O16P2. The molecule has 2 unspecified atom stereocenters. The van der Waals surface area contributed by atoms with Crippen LogP contribution < -0.4 is 11.2 Å². The van der Waals surface area contributed by atoms with Gasteiger partial charge in [0.2, 0.25) is 0 Å².